The van der Waals surface area contributed by atoms with Crippen LogP contribution in [-0.4, -0.2) is 16.7 Å². The third kappa shape index (κ3) is 2.73. The van der Waals surface area contributed by atoms with E-state index in [0.717, 1.165) is 23.7 Å². The van der Waals surface area contributed by atoms with Gasteiger partial charge >= 0.3 is 0 Å². The second-order valence-corrected chi connectivity index (χ2v) is 6.61. The monoisotopic (exact) mass is 310 g/mol. The third-order valence-corrected chi connectivity index (χ3v) is 4.35. The van der Waals surface area contributed by atoms with Gasteiger partial charge in [-0.15, -0.1) is 11.6 Å². The molecule has 1 fully saturated rings. The van der Waals surface area contributed by atoms with Crippen LogP contribution in [0.3, 0.4) is 0 Å². The van der Waals surface area contributed by atoms with E-state index in [1.54, 1.807) is 6.07 Å². The lowest BCUT2D eigenvalue weighted by Gasteiger charge is -2.18. The van der Waals surface area contributed by atoms with Crippen LogP contribution in [0.5, 0.6) is 5.75 Å². The van der Waals surface area contributed by atoms with Crippen molar-refractivity contribution < 1.29 is 9.13 Å². The van der Waals surface area contributed by atoms with Crippen LogP contribution in [0, 0.1) is 11.7 Å². The maximum atomic E-state index is 13.9. The SMILES string of the molecule is COc1cc2c(cc1F)nc(C(C)Cl)n2C(C)CC1CC1. The molecule has 1 heterocycles. The fourth-order valence-electron chi connectivity index (χ4n) is 2.96. The molecular formula is C16H20ClFN2O. The zero-order chi connectivity index (χ0) is 15.1. The molecule has 3 rings (SSSR count). The summed E-state index contributed by atoms with van der Waals surface area (Å²) in [5.74, 6) is 1.46. The Morgan fingerprint density at radius 2 is 2.14 bits per heavy atom. The predicted molar refractivity (Wildman–Crippen MR) is 82.6 cm³/mol. The number of nitrogens with zero attached hydrogens (tertiary/aromatic N) is 2. The number of hydrogen-bond acceptors (Lipinski definition) is 2. The molecule has 2 atom stereocenters. The van der Waals surface area contributed by atoms with Crippen molar-refractivity contribution in [1.29, 1.82) is 0 Å². The molecule has 2 aromatic rings. The maximum Gasteiger partial charge on any atom is 0.167 e. The highest BCUT2D eigenvalue weighted by Crippen LogP contribution is 2.39. The van der Waals surface area contributed by atoms with Crippen LogP contribution in [0.4, 0.5) is 4.39 Å². The highest BCUT2D eigenvalue weighted by atomic mass is 35.5. The van der Waals surface area contributed by atoms with Gasteiger partial charge in [0.25, 0.3) is 0 Å². The Morgan fingerprint density at radius 3 is 2.71 bits per heavy atom. The molecule has 21 heavy (non-hydrogen) atoms. The highest BCUT2D eigenvalue weighted by molar-refractivity contribution is 6.20. The van der Waals surface area contributed by atoms with E-state index in [9.17, 15) is 4.39 Å². The standard InChI is InChI=1S/C16H20ClFN2O/c1-9(6-11-4-5-11)20-14-8-15(21-3)12(18)7-13(14)19-16(20)10(2)17/h7-11H,4-6H2,1-3H3. The summed E-state index contributed by atoms with van der Waals surface area (Å²) in [5.41, 5.74) is 1.53. The molecule has 1 aliphatic rings. The van der Waals surface area contributed by atoms with E-state index in [4.69, 9.17) is 16.3 Å². The summed E-state index contributed by atoms with van der Waals surface area (Å²) in [4.78, 5) is 4.53. The van der Waals surface area contributed by atoms with Crippen molar-refractivity contribution in [1.82, 2.24) is 9.55 Å². The highest BCUT2D eigenvalue weighted by Gasteiger charge is 2.27. The minimum atomic E-state index is -0.390. The predicted octanol–water partition coefficient (Wildman–Crippen LogP) is 4.84. The number of benzene rings is 1. The molecule has 1 aromatic heterocycles. The number of methoxy groups -OCH3 is 1. The number of hydrogen-bond donors (Lipinski definition) is 0. The molecule has 0 amide bonds. The fourth-order valence-corrected chi connectivity index (χ4v) is 3.11. The van der Waals surface area contributed by atoms with Gasteiger partial charge in [0.1, 0.15) is 5.82 Å². The van der Waals surface area contributed by atoms with E-state index in [2.05, 4.69) is 16.5 Å². The van der Waals surface area contributed by atoms with Crippen LogP contribution >= 0.6 is 11.6 Å². The molecule has 114 valence electrons. The quantitative estimate of drug-likeness (QED) is 0.738. The number of fused-ring (bicyclic) bond motifs is 1. The molecule has 1 saturated carbocycles. The third-order valence-electron chi connectivity index (χ3n) is 4.16. The van der Waals surface area contributed by atoms with Gasteiger partial charge in [-0.05, 0) is 26.2 Å². The van der Waals surface area contributed by atoms with Crippen molar-refractivity contribution in [2.45, 2.75) is 44.5 Å². The van der Waals surface area contributed by atoms with Crippen LogP contribution in [0.2, 0.25) is 0 Å². The van der Waals surface area contributed by atoms with E-state index in [1.807, 2.05) is 6.92 Å². The van der Waals surface area contributed by atoms with Crippen molar-refractivity contribution in [2.24, 2.45) is 5.92 Å². The average Bonchev–Trinajstić information content (AvgIpc) is 3.16. The zero-order valence-electron chi connectivity index (χ0n) is 12.6. The van der Waals surface area contributed by atoms with Gasteiger partial charge in [-0.1, -0.05) is 12.8 Å². The Labute approximate surface area is 129 Å². The first kappa shape index (κ1) is 14.6. The second kappa shape index (κ2) is 5.48. The largest absolute Gasteiger partial charge is 0.494 e. The van der Waals surface area contributed by atoms with E-state index < -0.39 is 5.82 Å². The number of imidazole rings is 1. The van der Waals surface area contributed by atoms with Crippen molar-refractivity contribution in [3.05, 3.63) is 23.8 Å². The van der Waals surface area contributed by atoms with Gasteiger partial charge in [-0.2, -0.15) is 0 Å². The normalized spacial score (nSPS) is 18.0. The summed E-state index contributed by atoms with van der Waals surface area (Å²) >= 11 is 6.28. The maximum absolute atomic E-state index is 13.9. The molecule has 2 unspecified atom stereocenters. The van der Waals surface area contributed by atoms with Crippen LogP contribution in [-0.2, 0) is 0 Å². The summed E-state index contributed by atoms with van der Waals surface area (Å²) in [6, 6.07) is 3.45. The lowest BCUT2D eigenvalue weighted by molar-refractivity contribution is 0.387. The van der Waals surface area contributed by atoms with E-state index in [-0.39, 0.29) is 11.1 Å². The first-order chi connectivity index (χ1) is 10.0. The zero-order valence-corrected chi connectivity index (χ0v) is 13.3. The Bertz CT molecular complexity index is 664. The van der Waals surface area contributed by atoms with Crippen molar-refractivity contribution in [3.8, 4) is 5.75 Å². The van der Waals surface area contributed by atoms with Crippen molar-refractivity contribution in [2.75, 3.05) is 7.11 Å². The molecule has 0 aliphatic heterocycles. The van der Waals surface area contributed by atoms with Crippen molar-refractivity contribution in [3.63, 3.8) is 0 Å². The van der Waals surface area contributed by atoms with Crippen LogP contribution in [0.1, 0.15) is 50.4 Å². The topological polar surface area (TPSA) is 27.1 Å². The second-order valence-electron chi connectivity index (χ2n) is 5.96. The van der Waals surface area contributed by atoms with Gasteiger partial charge in [-0.25, -0.2) is 9.37 Å². The fraction of sp³-hybridized carbons (Fsp3) is 0.562. The van der Waals surface area contributed by atoms with Gasteiger partial charge in [0.2, 0.25) is 0 Å². The van der Waals surface area contributed by atoms with E-state index in [1.165, 1.54) is 26.0 Å². The number of rotatable bonds is 5. The molecule has 0 N–H and O–H groups in total. The van der Waals surface area contributed by atoms with E-state index in [0.29, 0.717) is 11.6 Å². The van der Waals surface area contributed by atoms with Gasteiger partial charge in [-0.3, -0.25) is 0 Å². The summed E-state index contributed by atoms with van der Waals surface area (Å²) in [6.45, 7) is 4.08. The Morgan fingerprint density at radius 1 is 1.43 bits per heavy atom. The lowest BCUT2D eigenvalue weighted by Crippen LogP contribution is -2.10. The molecule has 1 aromatic carbocycles. The number of aromatic nitrogens is 2. The minimum Gasteiger partial charge on any atom is -0.494 e. The van der Waals surface area contributed by atoms with Gasteiger partial charge in [0.05, 0.1) is 23.5 Å². The molecule has 0 saturated heterocycles. The first-order valence-corrected chi connectivity index (χ1v) is 7.84. The average molecular weight is 311 g/mol. The molecule has 1 aliphatic carbocycles. The Balaban J connectivity index is 2.14. The van der Waals surface area contributed by atoms with Gasteiger partial charge < -0.3 is 9.30 Å². The van der Waals surface area contributed by atoms with Gasteiger partial charge in [0.15, 0.2) is 11.6 Å². The Kier molecular flexibility index (Phi) is 3.82. The number of alkyl halides is 1. The summed E-state index contributed by atoms with van der Waals surface area (Å²) < 4.78 is 21.1. The minimum absolute atomic E-state index is 0.215. The molecule has 5 heteroatoms. The Hall–Kier alpha value is -1.29. The molecule has 0 bridgehead atoms. The number of ether oxygens (including phenoxy) is 1. The lowest BCUT2D eigenvalue weighted by atomic mass is 10.1. The summed E-state index contributed by atoms with van der Waals surface area (Å²) in [7, 11) is 1.48. The molecular weight excluding hydrogens is 291 g/mol. The van der Waals surface area contributed by atoms with E-state index >= 15 is 0 Å². The summed E-state index contributed by atoms with van der Waals surface area (Å²) in [5, 5.41) is -0.215. The molecule has 3 nitrogen and oxygen atoms in total. The first-order valence-electron chi connectivity index (χ1n) is 7.40. The van der Waals surface area contributed by atoms with Gasteiger partial charge in [0, 0.05) is 18.2 Å². The number of halogens is 2. The van der Waals surface area contributed by atoms with Crippen LogP contribution in [0.25, 0.3) is 11.0 Å². The molecule has 0 spiro atoms. The van der Waals surface area contributed by atoms with Crippen LogP contribution < -0.4 is 4.74 Å². The summed E-state index contributed by atoms with van der Waals surface area (Å²) in [6.07, 6.45) is 3.73. The molecule has 0 radical (unpaired) electrons. The smallest absolute Gasteiger partial charge is 0.167 e. The van der Waals surface area contributed by atoms with Crippen LogP contribution in [0.15, 0.2) is 12.1 Å². The van der Waals surface area contributed by atoms with Crippen molar-refractivity contribution >= 4 is 22.6 Å².